The molecule has 0 saturated carbocycles. The number of aliphatic hydroxyl groups excluding tert-OH is 1. The van der Waals surface area contributed by atoms with Crippen molar-refractivity contribution in [1.82, 2.24) is 4.90 Å². The van der Waals surface area contributed by atoms with Gasteiger partial charge in [0.25, 0.3) is 11.8 Å². The first-order valence-corrected chi connectivity index (χ1v) is 10.6. The number of nitrogens with zero attached hydrogens (tertiary/aromatic N) is 1. The van der Waals surface area contributed by atoms with E-state index < -0.39 is 24.1 Å². The van der Waals surface area contributed by atoms with Crippen LogP contribution in [0.5, 0.6) is 11.5 Å². The van der Waals surface area contributed by atoms with Crippen LogP contribution >= 0.6 is 0 Å². The Morgan fingerprint density at radius 1 is 0.971 bits per heavy atom. The molecule has 180 valence electrons. The van der Waals surface area contributed by atoms with Crippen molar-refractivity contribution in [3.8, 4) is 11.5 Å². The minimum absolute atomic E-state index is 0.00137. The van der Waals surface area contributed by atoms with Crippen LogP contribution < -0.4 is 9.47 Å². The second kappa shape index (κ2) is 10.5. The first-order chi connectivity index (χ1) is 16.2. The molecule has 0 fully saturated rings. The van der Waals surface area contributed by atoms with Crippen LogP contribution in [0.15, 0.2) is 48.6 Å². The summed E-state index contributed by atoms with van der Waals surface area (Å²) in [5.74, 6) is -0.700. The van der Waals surface area contributed by atoms with Crippen molar-refractivity contribution in [2.45, 2.75) is 20.1 Å². The van der Waals surface area contributed by atoms with Gasteiger partial charge in [-0.25, -0.2) is 4.79 Å². The van der Waals surface area contributed by atoms with Gasteiger partial charge in [0.1, 0.15) is 24.7 Å². The van der Waals surface area contributed by atoms with E-state index in [1.807, 2.05) is 0 Å². The molecule has 9 nitrogen and oxygen atoms in total. The highest BCUT2D eigenvalue weighted by atomic mass is 16.6. The molecular formula is C25H27NO8. The molecule has 2 aromatic carbocycles. The summed E-state index contributed by atoms with van der Waals surface area (Å²) in [6.45, 7) is 10.2. The van der Waals surface area contributed by atoms with Gasteiger partial charge >= 0.3 is 5.97 Å². The molecule has 1 atom stereocenters. The highest BCUT2D eigenvalue weighted by molar-refractivity contribution is 6.26. The Morgan fingerprint density at radius 3 is 2.15 bits per heavy atom. The van der Waals surface area contributed by atoms with Crippen LogP contribution in [-0.2, 0) is 14.3 Å². The number of aliphatic hydroxyl groups is 1. The summed E-state index contributed by atoms with van der Waals surface area (Å²) in [4.78, 5) is 38.9. The monoisotopic (exact) mass is 469 g/mol. The van der Waals surface area contributed by atoms with E-state index >= 15 is 0 Å². The molecule has 0 bridgehead atoms. The van der Waals surface area contributed by atoms with Crippen LogP contribution in [0, 0.1) is 0 Å². The lowest BCUT2D eigenvalue weighted by molar-refractivity contribution is -0.139. The summed E-state index contributed by atoms with van der Waals surface area (Å²) in [5.41, 5.74) is 1.32. The van der Waals surface area contributed by atoms with Gasteiger partial charge in [0, 0.05) is 22.1 Å². The van der Waals surface area contributed by atoms with Gasteiger partial charge in [0.2, 0.25) is 0 Å². The number of hydrogen-bond donors (Lipinski definition) is 1. The molecule has 0 aromatic heterocycles. The number of rotatable bonds is 11. The number of imide groups is 1. The number of carbonyl (C=O) groups is 3. The molecule has 0 spiro atoms. The van der Waals surface area contributed by atoms with E-state index in [0.717, 1.165) is 4.90 Å². The number of methoxy groups -OCH3 is 1. The van der Waals surface area contributed by atoms with Crippen molar-refractivity contribution >= 4 is 28.6 Å². The number of ether oxygens (including phenoxy) is 4. The van der Waals surface area contributed by atoms with E-state index in [1.165, 1.54) is 7.11 Å². The average molecular weight is 469 g/mol. The van der Waals surface area contributed by atoms with E-state index in [1.54, 1.807) is 38.1 Å². The van der Waals surface area contributed by atoms with Gasteiger partial charge in [-0.1, -0.05) is 13.2 Å². The maximum atomic E-state index is 13.2. The molecule has 1 unspecified atom stereocenters. The Hall–Kier alpha value is -3.69. The summed E-state index contributed by atoms with van der Waals surface area (Å²) in [6, 6.07) is 6.40. The van der Waals surface area contributed by atoms with Gasteiger partial charge in [-0.3, -0.25) is 14.5 Å². The third-order valence-electron chi connectivity index (χ3n) is 5.19. The summed E-state index contributed by atoms with van der Waals surface area (Å²) in [6.07, 6.45) is -1.18. The Balaban J connectivity index is 1.88. The van der Waals surface area contributed by atoms with Crippen molar-refractivity contribution in [2.24, 2.45) is 0 Å². The molecule has 0 radical (unpaired) electrons. The molecule has 0 aliphatic carbocycles. The van der Waals surface area contributed by atoms with Crippen LogP contribution in [0.1, 0.15) is 34.6 Å². The lowest BCUT2D eigenvalue weighted by Crippen LogP contribution is -2.42. The third-order valence-corrected chi connectivity index (χ3v) is 5.19. The highest BCUT2D eigenvalue weighted by Gasteiger charge is 2.34. The molecule has 1 aliphatic rings. The Bertz CT molecular complexity index is 1150. The Labute approximate surface area is 197 Å². The summed E-state index contributed by atoms with van der Waals surface area (Å²) < 4.78 is 21.5. The smallest absolute Gasteiger partial charge is 0.333 e. The minimum Gasteiger partial charge on any atom is -0.496 e. The molecular weight excluding hydrogens is 442 g/mol. The number of amides is 2. The Morgan fingerprint density at radius 2 is 1.59 bits per heavy atom. The summed E-state index contributed by atoms with van der Waals surface area (Å²) >= 11 is 0. The topological polar surface area (TPSA) is 112 Å². The maximum Gasteiger partial charge on any atom is 0.333 e. The fraction of sp³-hybridized carbons (Fsp3) is 0.320. The second-order valence-corrected chi connectivity index (χ2v) is 7.77. The lowest BCUT2D eigenvalue weighted by Gasteiger charge is -2.28. The molecule has 1 N–H and O–H groups in total. The van der Waals surface area contributed by atoms with Gasteiger partial charge in [0.05, 0.1) is 25.6 Å². The highest BCUT2D eigenvalue weighted by Crippen LogP contribution is 2.41. The standard InChI is InChI=1S/C25H27NO8/c1-14(2)24(29)33-11-10-26-22(27)16-6-8-18(31-5)21-19(9-7-17(20(16)21)23(26)28)32-12-13-34-25(30)15(3)4/h6-9,24,29H,1,3,10-13H2,2,4-5H3. The van der Waals surface area contributed by atoms with E-state index in [4.69, 9.17) is 18.9 Å². The fourth-order valence-electron chi connectivity index (χ4n) is 3.47. The van der Waals surface area contributed by atoms with Gasteiger partial charge in [-0.15, -0.1) is 0 Å². The van der Waals surface area contributed by atoms with E-state index in [9.17, 15) is 19.5 Å². The number of esters is 1. The van der Waals surface area contributed by atoms with Crippen LogP contribution in [-0.4, -0.2) is 67.6 Å². The number of carbonyl (C=O) groups excluding carboxylic acids is 3. The lowest BCUT2D eigenvalue weighted by atomic mass is 9.93. The van der Waals surface area contributed by atoms with E-state index in [2.05, 4.69) is 13.2 Å². The van der Waals surface area contributed by atoms with Crippen molar-refractivity contribution in [3.05, 3.63) is 59.7 Å². The predicted octanol–water partition coefficient (Wildman–Crippen LogP) is 2.85. The SMILES string of the molecule is C=C(C)C(=O)OCCOc1ccc2c3c(ccc(OC)c13)C(=O)N(CCOC(O)C(=C)C)C2=O. The van der Waals surface area contributed by atoms with Gasteiger partial charge in [-0.05, 0) is 43.7 Å². The molecule has 2 aromatic rings. The maximum absolute atomic E-state index is 13.2. The Kier molecular flexibility index (Phi) is 7.70. The van der Waals surface area contributed by atoms with Crippen LogP contribution in [0.2, 0.25) is 0 Å². The molecule has 34 heavy (non-hydrogen) atoms. The zero-order chi connectivity index (χ0) is 25.0. The zero-order valence-corrected chi connectivity index (χ0v) is 19.4. The zero-order valence-electron chi connectivity index (χ0n) is 19.4. The predicted molar refractivity (Wildman–Crippen MR) is 124 cm³/mol. The first kappa shape index (κ1) is 24.9. The van der Waals surface area contributed by atoms with Crippen LogP contribution in [0.3, 0.4) is 0 Å². The molecule has 0 saturated heterocycles. The van der Waals surface area contributed by atoms with Crippen molar-refractivity contribution in [1.29, 1.82) is 0 Å². The normalized spacial score (nSPS) is 13.6. The van der Waals surface area contributed by atoms with Gasteiger partial charge in [-0.2, -0.15) is 0 Å². The van der Waals surface area contributed by atoms with Crippen LogP contribution in [0.25, 0.3) is 10.8 Å². The summed E-state index contributed by atoms with van der Waals surface area (Å²) in [5, 5.41) is 10.6. The van der Waals surface area contributed by atoms with E-state index in [-0.39, 0.29) is 31.9 Å². The minimum atomic E-state index is -1.18. The largest absolute Gasteiger partial charge is 0.496 e. The summed E-state index contributed by atoms with van der Waals surface area (Å²) in [7, 11) is 1.48. The molecule has 1 heterocycles. The van der Waals surface area contributed by atoms with Crippen molar-refractivity contribution in [2.75, 3.05) is 33.5 Å². The quantitative estimate of drug-likeness (QED) is 0.134. The van der Waals surface area contributed by atoms with E-state index in [0.29, 0.717) is 39.0 Å². The van der Waals surface area contributed by atoms with Gasteiger partial charge < -0.3 is 24.1 Å². The third kappa shape index (κ3) is 4.95. The van der Waals surface area contributed by atoms with Crippen LogP contribution in [0.4, 0.5) is 0 Å². The first-order valence-electron chi connectivity index (χ1n) is 10.6. The average Bonchev–Trinajstić information content (AvgIpc) is 2.81. The molecule has 2 amide bonds. The van der Waals surface area contributed by atoms with Gasteiger partial charge in [0.15, 0.2) is 6.29 Å². The second-order valence-electron chi connectivity index (χ2n) is 7.77. The van der Waals surface area contributed by atoms with Crippen molar-refractivity contribution < 1.29 is 38.4 Å². The van der Waals surface area contributed by atoms with Crippen molar-refractivity contribution in [3.63, 3.8) is 0 Å². The molecule has 1 aliphatic heterocycles. The fourth-order valence-corrected chi connectivity index (χ4v) is 3.47. The molecule has 3 rings (SSSR count). The number of hydrogen-bond acceptors (Lipinski definition) is 8. The number of benzene rings is 2. The molecule has 9 heteroatoms.